The minimum Gasteiger partial charge on any atom is -0.439 e. The Morgan fingerprint density at radius 3 is 2.48 bits per heavy atom. The van der Waals surface area contributed by atoms with Crippen LogP contribution in [0.2, 0.25) is 0 Å². The van der Waals surface area contributed by atoms with Gasteiger partial charge in [0.1, 0.15) is 5.52 Å². The predicted molar refractivity (Wildman–Crippen MR) is 79.5 cm³/mol. The lowest BCUT2D eigenvalue weighted by Crippen LogP contribution is -2.34. The molecule has 0 aliphatic carbocycles. The zero-order valence-electron chi connectivity index (χ0n) is 11.4. The Hall–Kier alpha value is -2.82. The number of carbonyl (C=O) groups is 1. The summed E-state index contributed by atoms with van der Waals surface area (Å²) >= 11 is 0. The highest BCUT2D eigenvalue weighted by molar-refractivity contribution is 5.74. The summed E-state index contributed by atoms with van der Waals surface area (Å²) in [5, 5.41) is 5.51. The van der Waals surface area contributed by atoms with Crippen LogP contribution in [0.4, 0.5) is 4.79 Å². The van der Waals surface area contributed by atoms with Crippen LogP contribution in [0.15, 0.2) is 59.0 Å². The molecule has 1 heterocycles. The first kappa shape index (κ1) is 13.2. The summed E-state index contributed by atoms with van der Waals surface area (Å²) in [5.41, 5.74) is 2.56. The third-order valence-corrected chi connectivity index (χ3v) is 3.03. The third-order valence-electron chi connectivity index (χ3n) is 3.03. The molecule has 2 aromatic carbocycles. The van der Waals surface area contributed by atoms with Crippen LogP contribution >= 0.6 is 0 Å². The molecule has 0 aliphatic heterocycles. The van der Waals surface area contributed by atoms with Gasteiger partial charge in [0, 0.05) is 6.54 Å². The first-order valence-corrected chi connectivity index (χ1v) is 6.71. The molecule has 0 saturated heterocycles. The quantitative estimate of drug-likeness (QED) is 0.772. The molecule has 1 aromatic heterocycles. The van der Waals surface area contributed by atoms with Crippen molar-refractivity contribution in [2.75, 3.05) is 0 Å². The average molecular weight is 281 g/mol. The van der Waals surface area contributed by atoms with Gasteiger partial charge < -0.3 is 15.1 Å². The first-order chi connectivity index (χ1) is 10.3. The summed E-state index contributed by atoms with van der Waals surface area (Å²) in [6.07, 6.45) is 0. The van der Waals surface area contributed by atoms with E-state index in [1.165, 1.54) is 0 Å². The molecule has 0 bridgehead atoms. The molecule has 3 rings (SSSR count). The van der Waals surface area contributed by atoms with E-state index in [2.05, 4.69) is 15.6 Å². The number of benzene rings is 2. The summed E-state index contributed by atoms with van der Waals surface area (Å²) in [6, 6.07) is 17.0. The van der Waals surface area contributed by atoms with Crippen molar-refractivity contribution in [2.45, 2.75) is 13.1 Å². The molecule has 3 aromatic rings. The molecular formula is C16H15N3O2. The summed E-state index contributed by atoms with van der Waals surface area (Å²) < 4.78 is 5.53. The predicted octanol–water partition coefficient (Wildman–Crippen LogP) is 2.83. The zero-order chi connectivity index (χ0) is 14.5. The topological polar surface area (TPSA) is 67.2 Å². The van der Waals surface area contributed by atoms with E-state index < -0.39 is 0 Å². The van der Waals surface area contributed by atoms with Crippen molar-refractivity contribution >= 4 is 17.1 Å². The molecular weight excluding hydrogens is 266 g/mol. The molecule has 0 saturated carbocycles. The Balaban J connectivity index is 1.51. The van der Waals surface area contributed by atoms with Gasteiger partial charge in [0.05, 0.1) is 6.54 Å². The number of carbonyl (C=O) groups excluding carboxylic acids is 1. The molecule has 2 N–H and O–H groups in total. The fourth-order valence-corrected chi connectivity index (χ4v) is 1.99. The van der Waals surface area contributed by atoms with Gasteiger partial charge >= 0.3 is 6.03 Å². The maximum atomic E-state index is 11.7. The maximum Gasteiger partial charge on any atom is 0.315 e. The Morgan fingerprint density at radius 2 is 1.67 bits per heavy atom. The molecule has 2 amide bonds. The van der Waals surface area contributed by atoms with E-state index in [1.807, 2.05) is 54.6 Å². The largest absolute Gasteiger partial charge is 0.439 e. The van der Waals surface area contributed by atoms with Crippen LogP contribution in [0, 0.1) is 0 Å². The van der Waals surface area contributed by atoms with Crippen LogP contribution in [0.5, 0.6) is 0 Å². The molecule has 5 nitrogen and oxygen atoms in total. The lowest BCUT2D eigenvalue weighted by Gasteiger charge is -2.05. The zero-order valence-corrected chi connectivity index (χ0v) is 11.4. The van der Waals surface area contributed by atoms with Gasteiger partial charge in [-0.1, -0.05) is 42.5 Å². The van der Waals surface area contributed by atoms with Crippen molar-refractivity contribution in [1.29, 1.82) is 0 Å². The van der Waals surface area contributed by atoms with Crippen molar-refractivity contribution in [3.8, 4) is 0 Å². The molecule has 0 atom stereocenters. The Kier molecular flexibility index (Phi) is 3.82. The lowest BCUT2D eigenvalue weighted by molar-refractivity contribution is 0.239. The summed E-state index contributed by atoms with van der Waals surface area (Å²) in [5.74, 6) is 0.492. The number of hydrogen-bond acceptors (Lipinski definition) is 3. The van der Waals surface area contributed by atoms with Gasteiger partial charge in [-0.15, -0.1) is 0 Å². The number of aromatic nitrogens is 1. The van der Waals surface area contributed by atoms with Gasteiger partial charge in [0.2, 0.25) is 5.89 Å². The van der Waals surface area contributed by atoms with Crippen LogP contribution in [-0.2, 0) is 13.1 Å². The molecule has 21 heavy (non-hydrogen) atoms. The fraction of sp³-hybridized carbons (Fsp3) is 0.125. The number of rotatable bonds is 4. The number of hydrogen-bond donors (Lipinski definition) is 2. The molecule has 0 aliphatic rings. The standard InChI is InChI=1S/C16H15N3O2/c20-16(17-10-12-6-2-1-3-7-12)18-11-15-19-13-8-4-5-9-14(13)21-15/h1-9H,10-11H2,(H2,17,18,20). The highest BCUT2D eigenvalue weighted by atomic mass is 16.3. The van der Waals surface area contributed by atoms with Crippen LogP contribution in [-0.4, -0.2) is 11.0 Å². The maximum absolute atomic E-state index is 11.7. The number of fused-ring (bicyclic) bond motifs is 1. The number of oxazole rings is 1. The van der Waals surface area contributed by atoms with Crippen molar-refractivity contribution < 1.29 is 9.21 Å². The Bertz CT molecular complexity index is 704. The van der Waals surface area contributed by atoms with Gasteiger partial charge in [-0.25, -0.2) is 9.78 Å². The molecule has 0 unspecified atom stereocenters. The minimum absolute atomic E-state index is 0.249. The van der Waals surface area contributed by atoms with E-state index in [4.69, 9.17) is 4.42 Å². The van der Waals surface area contributed by atoms with Crippen LogP contribution in [0.3, 0.4) is 0 Å². The highest BCUT2D eigenvalue weighted by Crippen LogP contribution is 2.14. The minimum atomic E-state index is -0.249. The van der Waals surface area contributed by atoms with E-state index in [0.29, 0.717) is 12.4 Å². The second-order valence-electron chi connectivity index (χ2n) is 4.60. The summed E-state index contributed by atoms with van der Waals surface area (Å²) in [7, 11) is 0. The van der Waals surface area contributed by atoms with E-state index >= 15 is 0 Å². The van der Waals surface area contributed by atoms with Crippen molar-refractivity contribution in [2.24, 2.45) is 0 Å². The van der Waals surface area contributed by atoms with E-state index in [0.717, 1.165) is 16.7 Å². The van der Waals surface area contributed by atoms with Crippen molar-refractivity contribution in [3.05, 3.63) is 66.1 Å². The monoisotopic (exact) mass is 281 g/mol. The van der Waals surface area contributed by atoms with Crippen LogP contribution in [0.1, 0.15) is 11.5 Å². The molecule has 5 heteroatoms. The van der Waals surface area contributed by atoms with Gasteiger partial charge in [0.15, 0.2) is 5.58 Å². The summed E-state index contributed by atoms with van der Waals surface area (Å²) in [4.78, 5) is 16.0. The fourth-order valence-electron chi connectivity index (χ4n) is 1.99. The number of nitrogens with one attached hydrogen (secondary N) is 2. The molecule has 0 fully saturated rings. The van der Waals surface area contributed by atoms with Crippen LogP contribution < -0.4 is 10.6 Å². The molecule has 106 valence electrons. The smallest absolute Gasteiger partial charge is 0.315 e. The van der Waals surface area contributed by atoms with Gasteiger partial charge in [-0.05, 0) is 17.7 Å². The van der Waals surface area contributed by atoms with Crippen molar-refractivity contribution in [3.63, 3.8) is 0 Å². The van der Waals surface area contributed by atoms with Crippen LogP contribution in [0.25, 0.3) is 11.1 Å². The van der Waals surface area contributed by atoms with E-state index in [1.54, 1.807) is 0 Å². The molecule has 0 radical (unpaired) electrons. The number of nitrogens with zero attached hydrogens (tertiary/aromatic N) is 1. The number of para-hydroxylation sites is 2. The lowest BCUT2D eigenvalue weighted by atomic mass is 10.2. The van der Waals surface area contributed by atoms with E-state index in [-0.39, 0.29) is 12.6 Å². The highest BCUT2D eigenvalue weighted by Gasteiger charge is 2.06. The number of amides is 2. The SMILES string of the molecule is O=C(NCc1ccccc1)NCc1nc2ccccc2o1. The van der Waals surface area contributed by atoms with Gasteiger partial charge in [-0.3, -0.25) is 0 Å². The van der Waals surface area contributed by atoms with Crippen molar-refractivity contribution in [1.82, 2.24) is 15.6 Å². The Morgan fingerprint density at radius 1 is 0.952 bits per heavy atom. The van der Waals surface area contributed by atoms with Gasteiger partial charge in [-0.2, -0.15) is 0 Å². The average Bonchev–Trinajstić information content (AvgIpc) is 2.95. The van der Waals surface area contributed by atoms with Gasteiger partial charge in [0.25, 0.3) is 0 Å². The second kappa shape index (κ2) is 6.09. The number of urea groups is 1. The third kappa shape index (κ3) is 3.39. The molecule has 0 spiro atoms. The normalized spacial score (nSPS) is 10.5. The van der Waals surface area contributed by atoms with E-state index in [9.17, 15) is 4.79 Å². The Labute approximate surface area is 122 Å². The first-order valence-electron chi connectivity index (χ1n) is 6.71. The second-order valence-corrected chi connectivity index (χ2v) is 4.60. The summed E-state index contributed by atoms with van der Waals surface area (Å²) in [6.45, 7) is 0.746.